The Labute approximate surface area is 119 Å². The van der Waals surface area contributed by atoms with E-state index in [1.54, 1.807) is 6.92 Å². The summed E-state index contributed by atoms with van der Waals surface area (Å²) in [6.07, 6.45) is 0. The molecule has 1 aromatic carbocycles. The summed E-state index contributed by atoms with van der Waals surface area (Å²) in [4.78, 5) is 33.5. The number of nitro benzene ring substituents is 1. The Bertz CT molecular complexity index is 680. The van der Waals surface area contributed by atoms with Crippen LogP contribution in [0.25, 0.3) is 0 Å². The molecule has 8 nitrogen and oxygen atoms in total. The first kappa shape index (κ1) is 14.5. The molecule has 0 radical (unpaired) electrons. The molecule has 0 saturated carbocycles. The molecular weight excluding hydrogens is 278 g/mol. The summed E-state index contributed by atoms with van der Waals surface area (Å²) in [5.74, 6) is -0.878. The number of urea groups is 1. The number of nitro groups is 1. The number of hydrogen-bond donors (Lipinski definition) is 3. The van der Waals surface area contributed by atoms with E-state index < -0.39 is 28.4 Å². The third-order valence-electron chi connectivity index (χ3n) is 3.20. The van der Waals surface area contributed by atoms with Crippen LogP contribution < -0.4 is 10.6 Å². The van der Waals surface area contributed by atoms with Crippen LogP contribution in [0.15, 0.2) is 29.5 Å². The van der Waals surface area contributed by atoms with Crippen molar-refractivity contribution in [3.63, 3.8) is 0 Å². The summed E-state index contributed by atoms with van der Waals surface area (Å²) >= 11 is 0. The van der Waals surface area contributed by atoms with Crippen LogP contribution in [0, 0.1) is 10.1 Å². The van der Waals surface area contributed by atoms with Gasteiger partial charge in [0.2, 0.25) is 0 Å². The number of para-hydroxylation sites is 1. The number of benzene rings is 1. The van der Waals surface area contributed by atoms with Crippen LogP contribution >= 0.6 is 0 Å². The second-order valence-corrected chi connectivity index (χ2v) is 4.60. The number of phenols is 1. The zero-order valence-electron chi connectivity index (χ0n) is 11.3. The van der Waals surface area contributed by atoms with Crippen molar-refractivity contribution in [1.29, 1.82) is 0 Å². The van der Waals surface area contributed by atoms with Gasteiger partial charge in [0, 0.05) is 22.9 Å². The number of nitrogens with one attached hydrogen (secondary N) is 2. The maximum absolute atomic E-state index is 11.8. The van der Waals surface area contributed by atoms with E-state index in [9.17, 15) is 24.8 Å². The van der Waals surface area contributed by atoms with Gasteiger partial charge in [0.05, 0.1) is 11.0 Å². The monoisotopic (exact) mass is 291 g/mol. The third-order valence-corrected chi connectivity index (χ3v) is 3.20. The highest BCUT2D eigenvalue weighted by Crippen LogP contribution is 2.37. The topological polar surface area (TPSA) is 122 Å². The van der Waals surface area contributed by atoms with E-state index in [1.165, 1.54) is 19.1 Å². The molecule has 21 heavy (non-hydrogen) atoms. The van der Waals surface area contributed by atoms with Gasteiger partial charge in [-0.05, 0) is 13.8 Å². The lowest BCUT2D eigenvalue weighted by Crippen LogP contribution is -2.44. The van der Waals surface area contributed by atoms with E-state index in [2.05, 4.69) is 10.6 Å². The summed E-state index contributed by atoms with van der Waals surface area (Å²) in [5.41, 5.74) is 0.206. The Kier molecular flexibility index (Phi) is 3.62. The Morgan fingerprint density at radius 3 is 2.67 bits per heavy atom. The normalized spacial score (nSPS) is 18.0. The Hall–Kier alpha value is -2.90. The Balaban J connectivity index is 2.61. The molecule has 1 aromatic rings. The van der Waals surface area contributed by atoms with Crippen molar-refractivity contribution < 1.29 is 19.6 Å². The minimum absolute atomic E-state index is 0.101. The highest BCUT2D eigenvalue weighted by molar-refractivity contribution is 5.98. The van der Waals surface area contributed by atoms with Gasteiger partial charge in [-0.25, -0.2) is 4.79 Å². The summed E-state index contributed by atoms with van der Waals surface area (Å²) in [5, 5.41) is 25.9. The number of nitrogens with zero attached hydrogens (tertiary/aromatic N) is 1. The van der Waals surface area contributed by atoms with Crippen LogP contribution in [0.1, 0.15) is 25.5 Å². The second kappa shape index (κ2) is 5.23. The average Bonchev–Trinajstić information content (AvgIpc) is 2.36. The maximum Gasteiger partial charge on any atom is 0.319 e. The molecule has 1 aliphatic heterocycles. The van der Waals surface area contributed by atoms with Crippen molar-refractivity contribution in [1.82, 2.24) is 10.6 Å². The zero-order chi connectivity index (χ0) is 15.7. The van der Waals surface area contributed by atoms with Gasteiger partial charge in [0.15, 0.2) is 11.5 Å². The molecule has 8 heteroatoms. The summed E-state index contributed by atoms with van der Waals surface area (Å²) in [6, 6.07) is 2.47. The minimum Gasteiger partial charge on any atom is -0.502 e. The van der Waals surface area contributed by atoms with E-state index in [0.29, 0.717) is 5.70 Å². The van der Waals surface area contributed by atoms with Crippen LogP contribution in [0.2, 0.25) is 0 Å². The zero-order valence-corrected chi connectivity index (χ0v) is 11.3. The van der Waals surface area contributed by atoms with Crippen LogP contribution in [-0.4, -0.2) is 21.8 Å². The van der Waals surface area contributed by atoms with Gasteiger partial charge in [-0.3, -0.25) is 14.9 Å². The standard InChI is InChI=1S/C13H13N3O5/c1-6-10(7(2)17)11(15-13(19)14-6)8-4-3-5-9(12(8)18)16(20)21/h3-5,11,18H,1-2H3,(H2,14,15,19)/t11-/m1/s1. The van der Waals surface area contributed by atoms with E-state index >= 15 is 0 Å². The summed E-state index contributed by atoms with van der Waals surface area (Å²) in [6.45, 7) is 2.87. The van der Waals surface area contributed by atoms with E-state index in [1.807, 2.05) is 0 Å². The largest absolute Gasteiger partial charge is 0.502 e. The van der Waals surface area contributed by atoms with Crippen molar-refractivity contribution in [3.8, 4) is 5.75 Å². The van der Waals surface area contributed by atoms with Gasteiger partial charge < -0.3 is 15.7 Å². The van der Waals surface area contributed by atoms with Gasteiger partial charge in [0.1, 0.15) is 0 Å². The van der Waals surface area contributed by atoms with Gasteiger partial charge in [-0.1, -0.05) is 12.1 Å². The fourth-order valence-electron chi connectivity index (χ4n) is 2.32. The lowest BCUT2D eigenvalue weighted by Gasteiger charge is -2.28. The highest BCUT2D eigenvalue weighted by atomic mass is 16.6. The van der Waals surface area contributed by atoms with Crippen molar-refractivity contribution in [2.75, 3.05) is 0 Å². The van der Waals surface area contributed by atoms with Crippen LogP contribution in [0.5, 0.6) is 5.75 Å². The molecule has 1 atom stereocenters. The van der Waals surface area contributed by atoms with Crippen molar-refractivity contribution in [2.24, 2.45) is 0 Å². The number of amides is 2. The molecule has 0 spiro atoms. The molecule has 1 aliphatic rings. The van der Waals surface area contributed by atoms with Crippen molar-refractivity contribution >= 4 is 17.5 Å². The predicted octanol–water partition coefficient (Wildman–Crippen LogP) is 1.52. The first-order valence-corrected chi connectivity index (χ1v) is 6.08. The van der Waals surface area contributed by atoms with Crippen LogP contribution in [0.3, 0.4) is 0 Å². The summed E-state index contributed by atoms with van der Waals surface area (Å²) in [7, 11) is 0. The number of allylic oxidation sites excluding steroid dienone is 1. The van der Waals surface area contributed by atoms with Gasteiger partial charge in [0.25, 0.3) is 0 Å². The van der Waals surface area contributed by atoms with Gasteiger partial charge in [-0.2, -0.15) is 0 Å². The molecule has 2 amide bonds. The Morgan fingerprint density at radius 2 is 2.10 bits per heavy atom. The molecule has 0 fully saturated rings. The molecule has 110 valence electrons. The number of rotatable bonds is 3. The minimum atomic E-state index is -0.934. The molecule has 1 heterocycles. The number of ketones is 1. The van der Waals surface area contributed by atoms with Crippen LogP contribution in [-0.2, 0) is 4.79 Å². The number of hydrogen-bond acceptors (Lipinski definition) is 5. The van der Waals surface area contributed by atoms with E-state index in [4.69, 9.17) is 0 Å². The summed E-state index contributed by atoms with van der Waals surface area (Å²) < 4.78 is 0. The fourth-order valence-corrected chi connectivity index (χ4v) is 2.32. The first-order valence-electron chi connectivity index (χ1n) is 6.08. The maximum atomic E-state index is 11.8. The average molecular weight is 291 g/mol. The quantitative estimate of drug-likeness (QED) is 0.575. The number of aromatic hydroxyl groups is 1. The van der Waals surface area contributed by atoms with Crippen molar-refractivity contribution in [3.05, 3.63) is 45.1 Å². The highest BCUT2D eigenvalue weighted by Gasteiger charge is 2.32. The van der Waals surface area contributed by atoms with Crippen LogP contribution in [0.4, 0.5) is 10.5 Å². The van der Waals surface area contributed by atoms with Gasteiger partial charge >= 0.3 is 11.7 Å². The lowest BCUT2D eigenvalue weighted by atomic mass is 9.92. The molecule has 2 rings (SSSR count). The third kappa shape index (κ3) is 2.55. The fraction of sp³-hybridized carbons (Fsp3) is 0.231. The molecule has 0 unspecified atom stereocenters. The smallest absolute Gasteiger partial charge is 0.319 e. The molecule has 0 bridgehead atoms. The van der Waals surface area contributed by atoms with Crippen molar-refractivity contribution in [2.45, 2.75) is 19.9 Å². The molecular formula is C13H13N3O5. The molecule has 3 N–H and O–H groups in total. The first-order chi connectivity index (χ1) is 9.82. The van der Waals surface area contributed by atoms with Gasteiger partial charge in [-0.15, -0.1) is 0 Å². The predicted molar refractivity (Wildman–Crippen MR) is 72.6 cm³/mol. The lowest BCUT2D eigenvalue weighted by molar-refractivity contribution is -0.385. The number of phenolic OH excluding ortho intramolecular Hbond substituents is 1. The number of Topliss-reactive ketones (excluding diaryl/α,β-unsaturated/α-hetero) is 1. The molecule has 0 saturated heterocycles. The Morgan fingerprint density at radius 1 is 1.43 bits per heavy atom. The molecule has 0 aliphatic carbocycles. The van der Waals surface area contributed by atoms with E-state index in [0.717, 1.165) is 6.07 Å². The van der Waals surface area contributed by atoms with E-state index in [-0.39, 0.29) is 16.9 Å². The molecule has 0 aromatic heterocycles. The SMILES string of the molecule is CC(=O)C1=C(C)NC(=O)N[C@@H]1c1cccc([N+](=O)[O-])c1O. The second-order valence-electron chi connectivity index (χ2n) is 4.60. The number of carbonyl (C=O) groups excluding carboxylic acids is 2. The number of carbonyl (C=O) groups is 2.